The molecule has 1 amide bonds. The van der Waals surface area contributed by atoms with Gasteiger partial charge in [-0.1, -0.05) is 42.5 Å². The molecule has 2 N–H and O–H groups in total. The van der Waals surface area contributed by atoms with Gasteiger partial charge < -0.3 is 15.2 Å². The first-order valence-electron chi connectivity index (χ1n) is 8.21. The molecule has 2 unspecified atom stereocenters. The molecule has 0 heterocycles. The lowest BCUT2D eigenvalue weighted by molar-refractivity contribution is -0.138. The van der Waals surface area contributed by atoms with E-state index in [2.05, 4.69) is 5.32 Å². The van der Waals surface area contributed by atoms with Crippen LogP contribution in [0.25, 0.3) is 0 Å². The van der Waals surface area contributed by atoms with Crippen LogP contribution in [-0.4, -0.2) is 28.9 Å². The summed E-state index contributed by atoms with van der Waals surface area (Å²) in [6.45, 7) is 3.02. The zero-order valence-electron chi connectivity index (χ0n) is 14.6. The van der Waals surface area contributed by atoms with Gasteiger partial charge in [0.15, 0.2) is 11.9 Å². The molecule has 0 saturated heterocycles. The number of benzene rings is 2. The van der Waals surface area contributed by atoms with Crippen LogP contribution in [0.4, 0.5) is 0 Å². The van der Waals surface area contributed by atoms with Crippen molar-refractivity contribution in [1.82, 2.24) is 5.32 Å². The molecule has 2 aromatic rings. The van der Waals surface area contributed by atoms with Crippen molar-refractivity contribution in [3.05, 3.63) is 65.7 Å². The van der Waals surface area contributed by atoms with E-state index in [0.29, 0.717) is 16.9 Å². The fourth-order valence-electron chi connectivity index (χ4n) is 2.45. The van der Waals surface area contributed by atoms with Gasteiger partial charge in [0.2, 0.25) is 0 Å². The number of amides is 1. The lowest BCUT2D eigenvalue weighted by Gasteiger charge is -2.21. The number of carboxylic acids is 1. The summed E-state index contributed by atoms with van der Waals surface area (Å²) < 4.78 is 5.60. The predicted octanol–water partition coefficient (Wildman–Crippen LogP) is 2.99. The van der Waals surface area contributed by atoms with Crippen LogP contribution < -0.4 is 10.1 Å². The molecular formula is C20H21NO5. The van der Waals surface area contributed by atoms with Crippen molar-refractivity contribution in [3.8, 4) is 5.75 Å². The number of hydrogen-bond donors (Lipinski definition) is 2. The number of ether oxygens (including phenoxy) is 1. The average molecular weight is 355 g/mol. The maximum absolute atomic E-state index is 12.4. The smallest absolute Gasteiger partial charge is 0.305 e. The summed E-state index contributed by atoms with van der Waals surface area (Å²) in [6.07, 6.45) is -1.08. The number of ketones is 1. The molecule has 0 bridgehead atoms. The zero-order valence-corrected chi connectivity index (χ0v) is 14.6. The van der Waals surface area contributed by atoms with E-state index in [4.69, 9.17) is 9.84 Å². The SMILES string of the molecule is CC(=O)c1cccc(OC(C)C(=O)NC(CC(=O)O)c2ccccc2)c1. The molecule has 2 aromatic carbocycles. The number of carbonyl (C=O) groups excluding carboxylic acids is 2. The third-order valence-corrected chi connectivity index (χ3v) is 3.82. The average Bonchev–Trinajstić information content (AvgIpc) is 2.61. The van der Waals surface area contributed by atoms with Crippen LogP contribution in [-0.2, 0) is 9.59 Å². The van der Waals surface area contributed by atoms with Gasteiger partial charge in [-0.3, -0.25) is 14.4 Å². The van der Waals surface area contributed by atoms with E-state index < -0.39 is 24.0 Å². The van der Waals surface area contributed by atoms with E-state index in [0.717, 1.165) is 0 Å². The number of hydrogen-bond acceptors (Lipinski definition) is 4. The highest BCUT2D eigenvalue weighted by atomic mass is 16.5. The van der Waals surface area contributed by atoms with Crippen LogP contribution in [0, 0.1) is 0 Å². The van der Waals surface area contributed by atoms with Gasteiger partial charge in [0, 0.05) is 5.56 Å². The van der Waals surface area contributed by atoms with Crippen molar-refractivity contribution < 1.29 is 24.2 Å². The van der Waals surface area contributed by atoms with Crippen LogP contribution >= 0.6 is 0 Å². The molecule has 0 fully saturated rings. The molecule has 0 radical (unpaired) electrons. The quantitative estimate of drug-likeness (QED) is 0.710. The number of carbonyl (C=O) groups is 3. The third kappa shape index (κ3) is 5.44. The highest BCUT2D eigenvalue weighted by molar-refractivity contribution is 5.94. The minimum atomic E-state index is -1.01. The number of aliphatic carboxylic acids is 1. The Morgan fingerprint density at radius 1 is 1.08 bits per heavy atom. The van der Waals surface area contributed by atoms with E-state index in [1.54, 1.807) is 55.5 Å². The molecule has 6 nitrogen and oxygen atoms in total. The topological polar surface area (TPSA) is 92.7 Å². The standard InChI is InChI=1S/C20H21NO5/c1-13(22)16-9-6-10-17(11-16)26-14(2)20(25)21-18(12-19(23)24)15-7-4-3-5-8-15/h3-11,14,18H,12H2,1-2H3,(H,21,25)(H,23,24). The van der Waals surface area contributed by atoms with Gasteiger partial charge >= 0.3 is 5.97 Å². The minimum absolute atomic E-state index is 0.0989. The fraction of sp³-hybridized carbons (Fsp3) is 0.250. The summed E-state index contributed by atoms with van der Waals surface area (Å²) in [5.41, 5.74) is 1.19. The Morgan fingerprint density at radius 3 is 2.38 bits per heavy atom. The Bertz CT molecular complexity index is 788. The van der Waals surface area contributed by atoms with Gasteiger partial charge in [-0.2, -0.15) is 0 Å². The van der Waals surface area contributed by atoms with Crippen LogP contribution in [0.3, 0.4) is 0 Å². The normalized spacial score (nSPS) is 12.7. The van der Waals surface area contributed by atoms with Crippen molar-refractivity contribution in [1.29, 1.82) is 0 Å². The molecular weight excluding hydrogens is 334 g/mol. The predicted molar refractivity (Wildman–Crippen MR) is 96.1 cm³/mol. The van der Waals surface area contributed by atoms with E-state index in [9.17, 15) is 14.4 Å². The van der Waals surface area contributed by atoms with Gasteiger partial charge in [0.05, 0.1) is 12.5 Å². The fourth-order valence-corrected chi connectivity index (χ4v) is 2.45. The summed E-state index contributed by atoms with van der Waals surface area (Å²) in [4.78, 5) is 35.0. The van der Waals surface area contributed by atoms with E-state index >= 15 is 0 Å². The lowest BCUT2D eigenvalue weighted by atomic mass is 10.0. The summed E-state index contributed by atoms with van der Waals surface area (Å²) in [5, 5.41) is 11.8. The first-order valence-corrected chi connectivity index (χ1v) is 8.21. The maximum Gasteiger partial charge on any atom is 0.305 e. The number of carboxylic acid groups (broad SMARTS) is 1. The largest absolute Gasteiger partial charge is 0.481 e. The van der Waals surface area contributed by atoms with Crippen molar-refractivity contribution in [2.45, 2.75) is 32.4 Å². The van der Waals surface area contributed by atoms with E-state index in [1.807, 2.05) is 6.07 Å². The Balaban J connectivity index is 2.07. The Morgan fingerprint density at radius 2 is 1.77 bits per heavy atom. The first-order chi connectivity index (χ1) is 12.4. The molecule has 136 valence electrons. The van der Waals surface area contributed by atoms with Crippen LogP contribution in [0.5, 0.6) is 5.75 Å². The maximum atomic E-state index is 12.4. The van der Waals surface area contributed by atoms with Gasteiger partial charge in [-0.25, -0.2) is 0 Å². The summed E-state index contributed by atoms with van der Waals surface area (Å²) in [5.74, 6) is -1.15. The summed E-state index contributed by atoms with van der Waals surface area (Å²) >= 11 is 0. The van der Waals surface area contributed by atoms with Crippen LogP contribution in [0.1, 0.15) is 42.2 Å². The molecule has 26 heavy (non-hydrogen) atoms. The second-order valence-electron chi connectivity index (χ2n) is 5.91. The van der Waals surface area contributed by atoms with Crippen molar-refractivity contribution >= 4 is 17.7 Å². The monoisotopic (exact) mass is 355 g/mol. The molecule has 0 spiro atoms. The highest BCUT2D eigenvalue weighted by Crippen LogP contribution is 2.19. The third-order valence-electron chi connectivity index (χ3n) is 3.82. The van der Waals surface area contributed by atoms with E-state index in [-0.39, 0.29) is 12.2 Å². The van der Waals surface area contributed by atoms with Crippen LogP contribution in [0.15, 0.2) is 54.6 Å². The second-order valence-corrected chi connectivity index (χ2v) is 5.91. The first kappa shape index (κ1) is 19.2. The van der Waals surface area contributed by atoms with Crippen molar-refractivity contribution in [2.75, 3.05) is 0 Å². The molecule has 0 saturated carbocycles. The number of nitrogens with one attached hydrogen (secondary N) is 1. The summed E-state index contributed by atoms with van der Waals surface area (Å²) in [6, 6.07) is 14.8. The zero-order chi connectivity index (χ0) is 19.1. The molecule has 0 aliphatic carbocycles. The Kier molecular flexibility index (Phi) is 6.49. The van der Waals surface area contributed by atoms with Crippen molar-refractivity contribution in [3.63, 3.8) is 0 Å². The van der Waals surface area contributed by atoms with Gasteiger partial charge in [-0.15, -0.1) is 0 Å². The second kappa shape index (κ2) is 8.80. The van der Waals surface area contributed by atoms with Crippen molar-refractivity contribution in [2.24, 2.45) is 0 Å². The minimum Gasteiger partial charge on any atom is -0.481 e. The Hall–Kier alpha value is -3.15. The van der Waals surface area contributed by atoms with Gasteiger partial charge in [0.25, 0.3) is 5.91 Å². The van der Waals surface area contributed by atoms with Crippen LogP contribution in [0.2, 0.25) is 0 Å². The Labute approximate surface area is 151 Å². The van der Waals surface area contributed by atoms with E-state index in [1.165, 1.54) is 6.92 Å². The highest BCUT2D eigenvalue weighted by Gasteiger charge is 2.22. The number of Topliss-reactive ketones (excluding diaryl/α,β-unsaturated/α-hetero) is 1. The van der Waals surface area contributed by atoms with Gasteiger partial charge in [-0.05, 0) is 31.5 Å². The van der Waals surface area contributed by atoms with Gasteiger partial charge in [0.1, 0.15) is 5.75 Å². The summed E-state index contributed by atoms with van der Waals surface area (Å²) in [7, 11) is 0. The molecule has 2 rings (SSSR count). The molecule has 6 heteroatoms. The molecule has 2 atom stereocenters. The molecule has 0 aliphatic heterocycles. The molecule has 0 aromatic heterocycles. The number of rotatable bonds is 8. The molecule has 0 aliphatic rings. The lowest BCUT2D eigenvalue weighted by Crippen LogP contribution is -2.39.